The van der Waals surface area contributed by atoms with Gasteiger partial charge in [0.05, 0.1) is 5.57 Å². The van der Waals surface area contributed by atoms with Gasteiger partial charge in [-0.3, -0.25) is 14.4 Å². The summed E-state index contributed by atoms with van der Waals surface area (Å²) in [5.74, 6) is 0.164. The van der Waals surface area contributed by atoms with Crippen molar-refractivity contribution < 1.29 is 14.4 Å². The molecule has 4 heteroatoms. The third kappa shape index (κ3) is 5.62. The van der Waals surface area contributed by atoms with Gasteiger partial charge in [-0.2, -0.15) is 0 Å². The maximum atomic E-state index is 12.2. The first-order chi connectivity index (χ1) is 10.9. The highest BCUT2D eigenvalue weighted by atomic mass is 16.2. The van der Waals surface area contributed by atoms with E-state index in [1.807, 2.05) is 26.0 Å². The summed E-state index contributed by atoms with van der Waals surface area (Å²) in [6.07, 6.45) is 8.53. The molecule has 0 spiro atoms. The molecule has 0 aromatic rings. The minimum Gasteiger partial charge on any atom is -0.333 e. The SMILES string of the molecule is CCC(=O)N/C=C/CCC(C)C1=CC(C)=C(C(=O)CC)C(=O)C1. The second kappa shape index (κ2) is 9.23. The lowest BCUT2D eigenvalue weighted by atomic mass is 9.82. The predicted octanol–water partition coefficient (Wildman–Crippen LogP) is 3.64. The predicted molar refractivity (Wildman–Crippen MR) is 91.7 cm³/mol. The van der Waals surface area contributed by atoms with Gasteiger partial charge >= 0.3 is 0 Å². The van der Waals surface area contributed by atoms with Gasteiger partial charge in [0, 0.05) is 19.3 Å². The zero-order valence-corrected chi connectivity index (χ0v) is 14.6. The summed E-state index contributed by atoms with van der Waals surface area (Å²) >= 11 is 0. The van der Waals surface area contributed by atoms with E-state index in [1.165, 1.54) is 0 Å². The highest BCUT2D eigenvalue weighted by molar-refractivity contribution is 6.22. The second-order valence-corrected chi connectivity index (χ2v) is 5.96. The van der Waals surface area contributed by atoms with Crippen LogP contribution in [0.25, 0.3) is 0 Å². The molecule has 0 heterocycles. The van der Waals surface area contributed by atoms with E-state index < -0.39 is 0 Å². The van der Waals surface area contributed by atoms with Crippen LogP contribution in [0.5, 0.6) is 0 Å². The Labute approximate surface area is 138 Å². The number of allylic oxidation sites excluding steroid dienone is 5. The van der Waals surface area contributed by atoms with Gasteiger partial charge in [0.2, 0.25) is 5.91 Å². The van der Waals surface area contributed by atoms with Gasteiger partial charge in [0.15, 0.2) is 11.6 Å². The van der Waals surface area contributed by atoms with E-state index in [-0.39, 0.29) is 23.4 Å². The van der Waals surface area contributed by atoms with Crippen LogP contribution in [0.15, 0.2) is 35.1 Å². The molecule has 1 N–H and O–H groups in total. The normalized spacial score (nSPS) is 16.5. The molecule has 1 aliphatic carbocycles. The van der Waals surface area contributed by atoms with Gasteiger partial charge in [-0.1, -0.05) is 38.5 Å². The zero-order chi connectivity index (χ0) is 17.4. The lowest BCUT2D eigenvalue weighted by Crippen LogP contribution is -2.20. The molecular weight excluding hydrogens is 290 g/mol. The van der Waals surface area contributed by atoms with Gasteiger partial charge in [-0.25, -0.2) is 0 Å². The molecule has 0 saturated carbocycles. The molecule has 0 fully saturated rings. The van der Waals surface area contributed by atoms with Crippen LogP contribution < -0.4 is 5.32 Å². The van der Waals surface area contributed by atoms with Crippen LogP contribution in [0.4, 0.5) is 0 Å². The molecule has 0 saturated heterocycles. The fraction of sp³-hybridized carbons (Fsp3) is 0.526. The Bertz CT molecular complexity index is 567. The first kappa shape index (κ1) is 19.1. The highest BCUT2D eigenvalue weighted by Gasteiger charge is 2.25. The van der Waals surface area contributed by atoms with Crippen LogP contribution in [-0.2, 0) is 14.4 Å². The molecule has 4 nitrogen and oxygen atoms in total. The number of rotatable bonds is 8. The Balaban J connectivity index is 2.62. The number of carbonyl (C=O) groups is 3. The molecule has 1 rings (SSSR count). The van der Waals surface area contributed by atoms with E-state index in [1.54, 1.807) is 13.1 Å². The first-order valence-electron chi connectivity index (χ1n) is 8.32. The molecule has 0 aromatic carbocycles. The minimum absolute atomic E-state index is 0.00349. The standard InChI is InChI=1S/C19H27NO3/c1-5-16(21)19-14(4)11-15(12-17(19)22)13(3)9-7-8-10-20-18(23)6-2/h8,10-11,13H,5-7,9,12H2,1-4H3,(H,20,23)/b10-8+. The summed E-state index contributed by atoms with van der Waals surface area (Å²) in [6, 6.07) is 0. The largest absolute Gasteiger partial charge is 0.333 e. The van der Waals surface area contributed by atoms with Crippen LogP contribution in [0.3, 0.4) is 0 Å². The van der Waals surface area contributed by atoms with Crippen molar-refractivity contribution in [2.45, 2.75) is 59.8 Å². The van der Waals surface area contributed by atoms with Crippen molar-refractivity contribution in [3.63, 3.8) is 0 Å². The minimum atomic E-state index is -0.0648. The first-order valence-corrected chi connectivity index (χ1v) is 8.32. The number of ketones is 2. The van der Waals surface area contributed by atoms with Crippen molar-refractivity contribution >= 4 is 17.5 Å². The smallest absolute Gasteiger partial charge is 0.223 e. The molecule has 1 aliphatic rings. The summed E-state index contributed by atoms with van der Waals surface area (Å²) in [7, 11) is 0. The quantitative estimate of drug-likeness (QED) is 0.695. The molecule has 126 valence electrons. The number of Topliss-reactive ketones (excluding diaryl/α,β-unsaturated/α-hetero) is 2. The van der Waals surface area contributed by atoms with Crippen molar-refractivity contribution in [1.82, 2.24) is 5.32 Å². The molecule has 23 heavy (non-hydrogen) atoms. The molecule has 1 amide bonds. The molecule has 0 aliphatic heterocycles. The summed E-state index contributed by atoms with van der Waals surface area (Å²) in [6.45, 7) is 7.52. The van der Waals surface area contributed by atoms with Crippen molar-refractivity contribution in [3.05, 3.63) is 35.1 Å². The van der Waals surface area contributed by atoms with Gasteiger partial charge in [-0.15, -0.1) is 0 Å². The molecular formula is C19H27NO3. The van der Waals surface area contributed by atoms with Crippen LogP contribution in [-0.4, -0.2) is 17.5 Å². The average Bonchev–Trinajstić information content (AvgIpc) is 2.52. The lowest BCUT2D eigenvalue weighted by molar-refractivity contribution is -0.121. The van der Waals surface area contributed by atoms with Gasteiger partial charge < -0.3 is 5.32 Å². The third-order valence-electron chi connectivity index (χ3n) is 4.12. The summed E-state index contributed by atoms with van der Waals surface area (Å²) in [4.78, 5) is 35.2. The Morgan fingerprint density at radius 3 is 2.57 bits per heavy atom. The number of nitrogens with one attached hydrogen (secondary N) is 1. The monoisotopic (exact) mass is 317 g/mol. The molecule has 0 radical (unpaired) electrons. The van der Waals surface area contributed by atoms with E-state index in [4.69, 9.17) is 0 Å². The number of amides is 1. The molecule has 0 bridgehead atoms. The van der Waals surface area contributed by atoms with Gasteiger partial charge in [0.1, 0.15) is 0 Å². The van der Waals surface area contributed by atoms with Crippen molar-refractivity contribution in [3.8, 4) is 0 Å². The van der Waals surface area contributed by atoms with Gasteiger partial charge in [0.25, 0.3) is 0 Å². The maximum Gasteiger partial charge on any atom is 0.223 e. The van der Waals surface area contributed by atoms with E-state index in [9.17, 15) is 14.4 Å². The van der Waals surface area contributed by atoms with E-state index in [2.05, 4.69) is 12.2 Å². The Hall–Kier alpha value is -1.97. The number of hydrogen-bond donors (Lipinski definition) is 1. The van der Waals surface area contributed by atoms with E-state index in [0.717, 1.165) is 24.0 Å². The molecule has 1 atom stereocenters. The van der Waals surface area contributed by atoms with Crippen molar-refractivity contribution in [2.75, 3.05) is 0 Å². The van der Waals surface area contributed by atoms with Crippen molar-refractivity contribution in [1.29, 1.82) is 0 Å². The molecule has 1 unspecified atom stereocenters. The van der Waals surface area contributed by atoms with Crippen LogP contribution >= 0.6 is 0 Å². The summed E-state index contributed by atoms with van der Waals surface area (Å²) in [5, 5.41) is 2.69. The van der Waals surface area contributed by atoms with Crippen molar-refractivity contribution in [2.24, 2.45) is 5.92 Å². The molecule has 0 aromatic heterocycles. The van der Waals surface area contributed by atoms with Crippen LogP contribution in [0.1, 0.15) is 59.8 Å². The number of carbonyl (C=O) groups excluding carboxylic acids is 3. The lowest BCUT2D eigenvalue weighted by Gasteiger charge is -2.21. The highest BCUT2D eigenvalue weighted by Crippen LogP contribution is 2.29. The van der Waals surface area contributed by atoms with Gasteiger partial charge in [-0.05, 0) is 37.5 Å². The Morgan fingerprint density at radius 1 is 1.30 bits per heavy atom. The maximum absolute atomic E-state index is 12.2. The van der Waals surface area contributed by atoms with E-state index >= 15 is 0 Å². The average molecular weight is 317 g/mol. The number of hydrogen-bond acceptors (Lipinski definition) is 3. The second-order valence-electron chi connectivity index (χ2n) is 5.96. The fourth-order valence-electron chi connectivity index (χ4n) is 2.63. The zero-order valence-electron chi connectivity index (χ0n) is 14.6. The Morgan fingerprint density at radius 2 is 2.00 bits per heavy atom. The summed E-state index contributed by atoms with van der Waals surface area (Å²) in [5.41, 5.74) is 2.26. The topological polar surface area (TPSA) is 63.2 Å². The fourth-order valence-corrected chi connectivity index (χ4v) is 2.63. The Kier molecular flexibility index (Phi) is 7.66. The van der Waals surface area contributed by atoms with Crippen LogP contribution in [0.2, 0.25) is 0 Å². The summed E-state index contributed by atoms with van der Waals surface area (Å²) < 4.78 is 0. The van der Waals surface area contributed by atoms with E-state index in [0.29, 0.717) is 24.8 Å². The van der Waals surface area contributed by atoms with Crippen LogP contribution in [0, 0.1) is 5.92 Å². The third-order valence-corrected chi connectivity index (χ3v) is 4.12.